The van der Waals surface area contributed by atoms with Crippen LogP contribution in [-0.2, 0) is 17.8 Å². The Morgan fingerprint density at radius 2 is 1.93 bits per heavy atom. The van der Waals surface area contributed by atoms with Crippen molar-refractivity contribution in [3.8, 4) is 0 Å². The van der Waals surface area contributed by atoms with Crippen molar-refractivity contribution in [3.05, 3.63) is 47.5 Å². The number of piperidine rings is 1. The van der Waals surface area contributed by atoms with E-state index in [-0.39, 0.29) is 24.1 Å². The number of amides is 2. The van der Waals surface area contributed by atoms with Gasteiger partial charge in [0.25, 0.3) is 5.91 Å². The lowest BCUT2D eigenvalue weighted by atomic mass is 10.1. The Labute approximate surface area is 157 Å². The second kappa shape index (κ2) is 8.75. The molecule has 0 unspecified atom stereocenters. The fourth-order valence-electron chi connectivity index (χ4n) is 3.08. The number of hydrogen-bond acceptors (Lipinski definition) is 4. The summed E-state index contributed by atoms with van der Waals surface area (Å²) in [7, 11) is 1.67. The number of likely N-dealkylation sites (N-methyl/N-ethyl adjacent to an activating group) is 1. The van der Waals surface area contributed by atoms with E-state index in [0.29, 0.717) is 24.3 Å². The van der Waals surface area contributed by atoms with Crippen molar-refractivity contribution in [1.82, 2.24) is 24.8 Å². The van der Waals surface area contributed by atoms with Crippen LogP contribution in [0.2, 0.25) is 0 Å². The molecular formula is C19H24FN5O2. The number of halogens is 1. The smallest absolute Gasteiger partial charge is 0.276 e. The van der Waals surface area contributed by atoms with Gasteiger partial charge in [-0.1, -0.05) is 23.4 Å². The van der Waals surface area contributed by atoms with Gasteiger partial charge in [-0.25, -0.2) is 9.07 Å². The van der Waals surface area contributed by atoms with Crippen LogP contribution in [0.15, 0.2) is 30.5 Å². The van der Waals surface area contributed by atoms with Gasteiger partial charge in [0.15, 0.2) is 5.69 Å². The van der Waals surface area contributed by atoms with Crippen molar-refractivity contribution in [2.45, 2.75) is 32.2 Å². The first-order chi connectivity index (χ1) is 13.0. The molecule has 1 aromatic heterocycles. The van der Waals surface area contributed by atoms with Gasteiger partial charge >= 0.3 is 0 Å². The highest BCUT2D eigenvalue weighted by molar-refractivity contribution is 5.91. The standard InChI is InChI=1S/C19H24FN5O2/c1-23(18(26)13-15-7-3-4-8-16(15)20)11-12-25-14-17(21-22-25)19(27)24-9-5-2-6-10-24/h3-4,7-8,14H,2,5-6,9-13H2,1H3. The number of carbonyl (C=O) groups excluding carboxylic acids is 2. The Hall–Kier alpha value is -2.77. The lowest BCUT2D eigenvalue weighted by Gasteiger charge is -2.25. The molecule has 0 saturated carbocycles. The molecule has 7 nitrogen and oxygen atoms in total. The number of hydrogen-bond donors (Lipinski definition) is 0. The summed E-state index contributed by atoms with van der Waals surface area (Å²) in [5, 5.41) is 7.94. The Morgan fingerprint density at radius 1 is 1.19 bits per heavy atom. The zero-order valence-electron chi connectivity index (χ0n) is 15.5. The molecule has 2 amide bonds. The van der Waals surface area contributed by atoms with E-state index in [9.17, 15) is 14.0 Å². The van der Waals surface area contributed by atoms with Crippen LogP contribution in [0.3, 0.4) is 0 Å². The molecule has 8 heteroatoms. The van der Waals surface area contributed by atoms with Crippen LogP contribution < -0.4 is 0 Å². The van der Waals surface area contributed by atoms with Gasteiger partial charge < -0.3 is 9.80 Å². The van der Waals surface area contributed by atoms with E-state index in [1.165, 1.54) is 11.0 Å². The molecule has 0 radical (unpaired) electrons. The SMILES string of the molecule is CN(CCn1cc(C(=O)N2CCCCC2)nn1)C(=O)Cc1ccccc1F. The minimum absolute atomic E-state index is 0.0131. The highest BCUT2D eigenvalue weighted by Crippen LogP contribution is 2.12. The summed E-state index contributed by atoms with van der Waals surface area (Å²) < 4.78 is 15.2. The van der Waals surface area contributed by atoms with Gasteiger partial charge in [0.1, 0.15) is 5.82 Å². The van der Waals surface area contributed by atoms with E-state index < -0.39 is 0 Å². The molecule has 0 bridgehead atoms. The van der Waals surface area contributed by atoms with Crippen LogP contribution in [0.4, 0.5) is 4.39 Å². The number of likely N-dealkylation sites (tertiary alicyclic amines) is 1. The van der Waals surface area contributed by atoms with Crippen molar-refractivity contribution in [2.75, 3.05) is 26.7 Å². The van der Waals surface area contributed by atoms with Crippen LogP contribution in [0.1, 0.15) is 35.3 Å². The van der Waals surface area contributed by atoms with Crippen LogP contribution in [0, 0.1) is 5.82 Å². The second-order valence-electron chi connectivity index (χ2n) is 6.80. The molecule has 0 aliphatic carbocycles. The van der Waals surface area contributed by atoms with Crippen LogP contribution in [-0.4, -0.2) is 63.3 Å². The molecule has 144 valence electrons. The Balaban J connectivity index is 1.51. The van der Waals surface area contributed by atoms with Crippen molar-refractivity contribution < 1.29 is 14.0 Å². The maximum atomic E-state index is 13.7. The molecule has 1 fully saturated rings. The number of aromatic nitrogens is 3. The molecular weight excluding hydrogens is 349 g/mol. The Bertz CT molecular complexity index is 801. The fraction of sp³-hybridized carbons (Fsp3) is 0.474. The molecule has 1 aromatic carbocycles. The molecule has 1 saturated heterocycles. The topological polar surface area (TPSA) is 71.3 Å². The molecule has 1 aliphatic heterocycles. The van der Waals surface area contributed by atoms with E-state index in [0.717, 1.165) is 32.4 Å². The van der Waals surface area contributed by atoms with Gasteiger partial charge in [0.2, 0.25) is 5.91 Å². The van der Waals surface area contributed by atoms with E-state index in [2.05, 4.69) is 10.3 Å². The van der Waals surface area contributed by atoms with Gasteiger partial charge in [0.05, 0.1) is 19.2 Å². The number of benzene rings is 1. The predicted molar refractivity (Wildman–Crippen MR) is 97.5 cm³/mol. The third-order valence-electron chi connectivity index (χ3n) is 4.79. The molecule has 0 spiro atoms. The second-order valence-corrected chi connectivity index (χ2v) is 6.80. The monoisotopic (exact) mass is 373 g/mol. The number of rotatable bonds is 6. The average Bonchev–Trinajstić information content (AvgIpc) is 3.17. The maximum absolute atomic E-state index is 13.7. The largest absolute Gasteiger partial charge is 0.344 e. The molecule has 2 heterocycles. The lowest BCUT2D eigenvalue weighted by molar-refractivity contribution is -0.129. The van der Waals surface area contributed by atoms with Crippen molar-refractivity contribution in [1.29, 1.82) is 0 Å². The molecule has 0 N–H and O–H groups in total. The summed E-state index contributed by atoms with van der Waals surface area (Å²) in [6, 6.07) is 6.26. The summed E-state index contributed by atoms with van der Waals surface area (Å²) in [4.78, 5) is 28.0. The highest BCUT2D eigenvalue weighted by atomic mass is 19.1. The van der Waals surface area contributed by atoms with Gasteiger partial charge in [-0.3, -0.25) is 9.59 Å². The predicted octanol–water partition coefficient (Wildman–Crippen LogP) is 1.74. The summed E-state index contributed by atoms with van der Waals surface area (Å²) in [5.74, 6) is -0.647. The molecule has 0 atom stereocenters. The molecule has 27 heavy (non-hydrogen) atoms. The van der Waals surface area contributed by atoms with Gasteiger partial charge in [-0.15, -0.1) is 5.10 Å². The minimum Gasteiger partial charge on any atom is -0.344 e. The van der Waals surface area contributed by atoms with E-state index in [1.807, 2.05) is 4.90 Å². The van der Waals surface area contributed by atoms with Crippen LogP contribution in [0.5, 0.6) is 0 Å². The summed E-state index contributed by atoms with van der Waals surface area (Å²) >= 11 is 0. The summed E-state index contributed by atoms with van der Waals surface area (Å²) in [6.45, 7) is 2.34. The maximum Gasteiger partial charge on any atom is 0.276 e. The third-order valence-corrected chi connectivity index (χ3v) is 4.79. The van der Waals surface area contributed by atoms with Crippen molar-refractivity contribution in [2.24, 2.45) is 0 Å². The molecule has 3 rings (SSSR count). The van der Waals surface area contributed by atoms with Gasteiger partial charge in [0, 0.05) is 26.7 Å². The lowest BCUT2D eigenvalue weighted by Crippen LogP contribution is -2.35. The van der Waals surface area contributed by atoms with Crippen LogP contribution >= 0.6 is 0 Å². The fourth-order valence-corrected chi connectivity index (χ4v) is 3.08. The van der Waals surface area contributed by atoms with E-state index >= 15 is 0 Å². The Kier molecular flexibility index (Phi) is 6.16. The minimum atomic E-state index is -0.378. The quantitative estimate of drug-likeness (QED) is 0.773. The summed E-state index contributed by atoms with van der Waals surface area (Å²) in [6.07, 6.45) is 4.83. The third kappa shape index (κ3) is 4.90. The normalized spacial score (nSPS) is 14.2. The first kappa shape index (κ1) is 19.0. The van der Waals surface area contributed by atoms with Gasteiger partial charge in [-0.05, 0) is 30.9 Å². The zero-order valence-corrected chi connectivity index (χ0v) is 15.5. The first-order valence-corrected chi connectivity index (χ1v) is 9.21. The average molecular weight is 373 g/mol. The Morgan fingerprint density at radius 3 is 2.67 bits per heavy atom. The summed E-state index contributed by atoms with van der Waals surface area (Å²) in [5.41, 5.74) is 0.710. The van der Waals surface area contributed by atoms with E-state index in [4.69, 9.17) is 0 Å². The van der Waals surface area contributed by atoms with Gasteiger partial charge in [-0.2, -0.15) is 0 Å². The molecule has 2 aromatic rings. The zero-order chi connectivity index (χ0) is 19.2. The van der Waals surface area contributed by atoms with Crippen molar-refractivity contribution in [3.63, 3.8) is 0 Å². The number of nitrogens with zero attached hydrogens (tertiary/aromatic N) is 5. The van der Waals surface area contributed by atoms with E-state index in [1.54, 1.807) is 36.1 Å². The molecule has 1 aliphatic rings. The number of carbonyl (C=O) groups is 2. The van der Waals surface area contributed by atoms with Crippen molar-refractivity contribution >= 4 is 11.8 Å². The highest BCUT2D eigenvalue weighted by Gasteiger charge is 2.21. The van der Waals surface area contributed by atoms with Crippen LogP contribution in [0.25, 0.3) is 0 Å². The first-order valence-electron chi connectivity index (χ1n) is 9.21.